The second-order valence-electron chi connectivity index (χ2n) is 5.76. The van der Waals surface area contributed by atoms with E-state index in [0.717, 1.165) is 31.7 Å². The Balaban J connectivity index is 1.52. The van der Waals surface area contributed by atoms with Crippen molar-refractivity contribution in [2.75, 3.05) is 31.1 Å². The smallest absolute Gasteiger partial charge is 0.317 e. The Bertz CT molecular complexity index is 624. The highest BCUT2D eigenvalue weighted by Gasteiger charge is 2.22. The lowest BCUT2D eigenvalue weighted by Gasteiger charge is -2.36. The Morgan fingerprint density at radius 3 is 2.35 bits per heavy atom. The van der Waals surface area contributed by atoms with Gasteiger partial charge in [-0.3, -0.25) is 4.98 Å². The first-order valence-corrected chi connectivity index (χ1v) is 7.99. The number of para-hydroxylation sites is 1. The van der Waals surface area contributed by atoms with Crippen LogP contribution in [0.3, 0.4) is 0 Å². The highest BCUT2D eigenvalue weighted by molar-refractivity contribution is 5.75. The fraction of sp³-hybridized carbons (Fsp3) is 0.333. The molecular weight excluding hydrogens is 288 g/mol. The number of carbonyl (C=O) groups excluding carboxylic acids is 1. The number of aromatic nitrogens is 1. The van der Waals surface area contributed by atoms with Crippen molar-refractivity contribution in [1.29, 1.82) is 0 Å². The molecule has 1 atom stereocenters. The van der Waals surface area contributed by atoms with Crippen molar-refractivity contribution in [2.24, 2.45) is 0 Å². The average Bonchev–Trinajstić information content (AvgIpc) is 2.63. The molecule has 0 saturated carbocycles. The summed E-state index contributed by atoms with van der Waals surface area (Å²) >= 11 is 0. The first kappa shape index (κ1) is 15.3. The van der Waals surface area contributed by atoms with Crippen LogP contribution in [-0.2, 0) is 0 Å². The molecule has 0 radical (unpaired) electrons. The third-order valence-electron chi connectivity index (χ3n) is 4.23. The number of nitrogens with one attached hydrogen (secondary N) is 1. The minimum absolute atomic E-state index is 0.00187. The summed E-state index contributed by atoms with van der Waals surface area (Å²) in [5.41, 5.74) is 2.29. The zero-order valence-electron chi connectivity index (χ0n) is 13.4. The van der Waals surface area contributed by atoms with Gasteiger partial charge in [-0.15, -0.1) is 0 Å². The monoisotopic (exact) mass is 310 g/mol. The van der Waals surface area contributed by atoms with Crippen LogP contribution < -0.4 is 10.2 Å². The number of urea groups is 1. The lowest BCUT2D eigenvalue weighted by atomic mass is 10.1. The van der Waals surface area contributed by atoms with Crippen LogP contribution in [0.5, 0.6) is 0 Å². The number of hydrogen-bond acceptors (Lipinski definition) is 3. The van der Waals surface area contributed by atoms with E-state index in [2.05, 4.69) is 27.3 Å². The van der Waals surface area contributed by atoms with E-state index in [1.54, 1.807) is 12.4 Å². The fourth-order valence-electron chi connectivity index (χ4n) is 2.82. The molecule has 0 bridgehead atoms. The molecule has 0 spiro atoms. The van der Waals surface area contributed by atoms with E-state index in [1.807, 2.05) is 42.2 Å². The first-order chi connectivity index (χ1) is 11.2. The van der Waals surface area contributed by atoms with E-state index >= 15 is 0 Å². The Morgan fingerprint density at radius 1 is 1.04 bits per heavy atom. The molecule has 3 rings (SSSR count). The molecule has 1 aromatic heterocycles. The quantitative estimate of drug-likeness (QED) is 0.948. The van der Waals surface area contributed by atoms with Gasteiger partial charge in [-0.05, 0) is 36.8 Å². The van der Waals surface area contributed by atoms with E-state index in [1.165, 1.54) is 5.69 Å². The molecule has 120 valence electrons. The number of anilines is 1. The van der Waals surface area contributed by atoms with Gasteiger partial charge in [0.1, 0.15) is 0 Å². The van der Waals surface area contributed by atoms with Gasteiger partial charge < -0.3 is 15.1 Å². The summed E-state index contributed by atoms with van der Waals surface area (Å²) in [6, 6.07) is 14.2. The first-order valence-electron chi connectivity index (χ1n) is 7.99. The number of carbonyl (C=O) groups is 1. The molecule has 5 heteroatoms. The number of nitrogens with zero attached hydrogens (tertiary/aromatic N) is 3. The molecule has 2 heterocycles. The third kappa shape index (κ3) is 3.80. The molecular formula is C18H22N4O. The average molecular weight is 310 g/mol. The standard InChI is InChI=1S/C18H22N4O/c1-15(16-7-9-19-10-8-16)20-18(23)22-13-11-21(12-14-22)17-5-3-2-4-6-17/h2-10,15H,11-14H2,1H3,(H,20,23). The van der Waals surface area contributed by atoms with Crippen molar-refractivity contribution in [1.82, 2.24) is 15.2 Å². The van der Waals surface area contributed by atoms with Crippen LogP contribution in [0.15, 0.2) is 54.9 Å². The van der Waals surface area contributed by atoms with E-state index in [9.17, 15) is 4.79 Å². The van der Waals surface area contributed by atoms with Crippen molar-refractivity contribution >= 4 is 11.7 Å². The van der Waals surface area contributed by atoms with E-state index in [0.29, 0.717) is 0 Å². The summed E-state index contributed by atoms with van der Waals surface area (Å²) in [4.78, 5) is 20.6. The molecule has 1 N–H and O–H groups in total. The SMILES string of the molecule is CC(NC(=O)N1CCN(c2ccccc2)CC1)c1ccncc1. The molecule has 1 aromatic carbocycles. The number of amides is 2. The summed E-state index contributed by atoms with van der Waals surface area (Å²) in [5, 5.41) is 3.06. The van der Waals surface area contributed by atoms with Gasteiger partial charge >= 0.3 is 6.03 Å². The highest BCUT2D eigenvalue weighted by Crippen LogP contribution is 2.16. The topological polar surface area (TPSA) is 48.5 Å². The lowest BCUT2D eigenvalue weighted by Crippen LogP contribution is -2.52. The van der Waals surface area contributed by atoms with Crippen molar-refractivity contribution in [3.8, 4) is 0 Å². The normalized spacial score (nSPS) is 16.0. The maximum atomic E-state index is 12.4. The number of benzene rings is 1. The Kier molecular flexibility index (Phi) is 4.76. The Hall–Kier alpha value is -2.56. The van der Waals surface area contributed by atoms with E-state index < -0.39 is 0 Å². The molecule has 2 aromatic rings. The minimum Gasteiger partial charge on any atom is -0.368 e. The van der Waals surface area contributed by atoms with Crippen LogP contribution in [0.2, 0.25) is 0 Å². The van der Waals surface area contributed by atoms with Crippen molar-refractivity contribution < 1.29 is 4.79 Å². The Morgan fingerprint density at radius 2 is 1.70 bits per heavy atom. The summed E-state index contributed by atoms with van der Waals surface area (Å²) in [6.45, 7) is 5.20. The lowest BCUT2D eigenvalue weighted by molar-refractivity contribution is 0.191. The second-order valence-corrected chi connectivity index (χ2v) is 5.76. The molecule has 0 aliphatic carbocycles. The van der Waals surface area contributed by atoms with E-state index in [-0.39, 0.29) is 12.1 Å². The number of piperazine rings is 1. The highest BCUT2D eigenvalue weighted by atomic mass is 16.2. The molecule has 5 nitrogen and oxygen atoms in total. The van der Waals surface area contributed by atoms with Crippen molar-refractivity contribution in [3.05, 3.63) is 60.4 Å². The van der Waals surface area contributed by atoms with Crippen LogP contribution in [0.4, 0.5) is 10.5 Å². The van der Waals surface area contributed by atoms with Gasteiger partial charge in [0.15, 0.2) is 0 Å². The van der Waals surface area contributed by atoms with Crippen molar-refractivity contribution in [3.63, 3.8) is 0 Å². The van der Waals surface area contributed by atoms with Crippen molar-refractivity contribution in [2.45, 2.75) is 13.0 Å². The molecule has 1 aliphatic rings. The van der Waals surface area contributed by atoms with Gasteiger partial charge in [-0.2, -0.15) is 0 Å². The van der Waals surface area contributed by atoms with Gasteiger partial charge in [-0.25, -0.2) is 4.79 Å². The molecule has 23 heavy (non-hydrogen) atoms. The molecule has 1 fully saturated rings. The van der Waals surface area contributed by atoms with Gasteiger partial charge in [-0.1, -0.05) is 18.2 Å². The second kappa shape index (κ2) is 7.13. The summed E-state index contributed by atoms with van der Waals surface area (Å²) in [6.07, 6.45) is 3.49. The van der Waals surface area contributed by atoms with Gasteiger partial charge in [0.2, 0.25) is 0 Å². The van der Waals surface area contributed by atoms with Gasteiger partial charge in [0.25, 0.3) is 0 Å². The predicted octanol–water partition coefficient (Wildman–Crippen LogP) is 2.67. The molecule has 1 aliphatic heterocycles. The summed E-state index contributed by atoms with van der Waals surface area (Å²) in [7, 11) is 0. The zero-order chi connectivity index (χ0) is 16.1. The van der Waals surface area contributed by atoms with Crippen LogP contribution in [0.25, 0.3) is 0 Å². The van der Waals surface area contributed by atoms with Crippen LogP contribution >= 0.6 is 0 Å². The van der Waals surface area contributed by atoms with Gasteiger partial charge in [0, 0.05) is 44.3 Å². The largest absolute Gasteiger partial charge is 0.368 e. The van der Waals surface area contributed by atoms with Crippen LogP contribution in [0, 0.1) is 0 Å². The predicted molar refractivity (Wildman–Crippen MR) is 91.4 cm³/mol. The zero-order valence-corrected chi connectivity index (χ0v) is 13.4. The maximum absolute atomic E-state index is 12.4. The van der Waals surface area contributed by atoms with Crippen LogP contribution in [-0.4, -0.2) is 42.1 Å². The fourth-order valence-corrected chi connectivity index (χ4v) is 2.82. The van der Waals surface area contributed by atoms with Crippen LogP contribution in [0.1, 0.15) is 18.5 Å². The summed E-state index contributed by atoms with van der Waals surface area (Å²) in [5.74, 6) is 0. The Labute approximate surface area is 136 Å². The van der Waals surface area contributed by atoms with E-state index in [4.69, 9.17) is 0 Å². The number of pyridine rings is 1. The minimum atomic E-state index is -0.0161. The summed E-state index contributed by atoms with van der Waals surface area (Å²) < 4.78 is 0. The number of hydrogen-bond donors (Lipinski definition) is 1. The molecule has 2 amide bonds. The van der Waals surface area contributed by atoms with Gasteiger partial charge in [0.05, 0.1) is 6.04 Å². The third-order valence-corrected chi connectivity index (χ3v) is 4.23. The maximum Gasteiger partial charge on any atom is 0.317 e. The molecule has 1 unspecified atom stereocenters. The molecule has 1 saturated heterocycles. The number of rotatable bonds is 3.